The second-order valence-corrected chi connectivity index (χ2v) is 9.72. The molecule has 38 heavy (non-hydrogen) atoms. The Bertz CT molecular complexity index is 1290. The number of carboxylic acid groups (broad SMARTS) is 1. The normalized spacial score (nSPS) is 16.7. The molecule has 2 aliphatic heterocycles. The van der Waals surface area contributed by atoms with Crippen LogP contribution < -0.4 is 9.47 Å². The summed E-state index contributed by atoms with van der Waals surface area (Å²) in [6, 6.07) is 9.54. The van der Waals surface area contributed by atoms with Gasteiger partial charge in [0.2, 0.25) is 5.91 Å². The summed E-state index contributed by atoms with van der Waals surface area (Å²) in [6.45, 7) is 3.50. The van der Waals surface area contributed by atoms with Crippen molar-refractivity contribution in [2.75, 3.05) is 39.5 Å². The number of aromatic carboxylic acids is 1. The monoisotopic (exact) mass is 560 g/mol. The van der Waals surface area contributed by atoms with Crippen LogP contribution in [0, 0.1) is 0 Å². The predicted molar refractivity (Wildman–Crippen MR) is 140 cm³/mol. The minimum Gasteiger partial charge on any atom is -0.490 e. The lowest BCUT2D eigenvalue weighted by Crippen LogP contribution is -2.46. The maximum atomic E-state index is 12.9. The molecular formula is C26H25ClN2O8S. The lowest BCUT2D eigenvalue weighted by molar-refractivity contribution is -0.139. The molecule has 2 saturated heterocycles. The largest absolute Gasteiger partial charge is 0.490 e. The van der Waals surface area contributed by atoms with Gasteiger partial charge >= 0.3 is 5.97 Å². The molecule has 0 bridgehead atoms. The minimum atomic E-state index is -1.04. The van der Waals surface area contributed by atoms with Gasteiger partial charge in [0.05, 0.1) is 35.3 Å². The summed E-state index contributed by atoms with van der Waals surface area (Å²) < 4.78 is 16.8. The topological polar surface area (TPSA) is 123 Å². The summed E-state index contributed by atoms with van der Waals surface area (Å²) in [5.41, 5.74) is 1.27. The van der Waals surface area contributed by atoms with E-state index in [4.69, 9.17) is 25.8 Å². The Kier molecular flexibility index (Phi) is 8.93. The highest BCUT2D eigenvalue weighted by Crippen LogP contribution is 2.39. The van der Waals surface area contributed by atoms with E-state index in [1.807, 2.05) is 0 Å². The summed E-state index contributed by atoms with van der Waals surface area (Å²) in [4.78, 5) is 51.9. The first-order chi connectivity index (χ1) is 18.3. The number of ether oxygens (including phenoxy) is 3. The summed E-state index contributed by atoms with van der Waals surface area (Å²) in [5.74, 6) is -1.33. The zero-order chi connectivity index (χ0) is 27.2. The van der Waals surface area contributed by atoms with E-state index in [1.54, 1.807) is 36.1 Å². The van der Waals surface area contributed by atoms with Crippen LogP contribution in [0.1, 0.15) is 28.4 Å². The van der Waals surface area contributed by atoms with E-state index in [2.05, 4.69) is 0 Å². The molecule has 1 N–H and O–H groups in total. The third-order valence-electron chi connectivity index (χ3n) is 5.72. The smallest absolute Gasteiger partial charge is 0.335 e. The third kappa shape index (κ3) is 6.47. The van der Waals surface area contributed by atoms with Crippen LogP contribution >= 0.6 is 23.4 Å². The molecule has 2 aromatic rings. The van der Waals surface area contributed by atoms with E-state index in [0.717, 1.165) is 16.7 Å². The molecule has 200 valence electrons. The number of morpholine rings is 1. The molecule has 2 aliphatic rings. The number of hydrogen-bond acceptors (Lipinski definition) is 8. The number of rotatable bonds is 9. The Labute approximate surface area is 228 Å². The van der Waals surface area contributed by atoms with Crippen LogP contribution in [0.25, 0.3) is 6.08 Å². The highest BCUT2D eigenvalue weighted by atomic mass is 35.5. The fourth-order valence-corrected chi connectivity index (χ4v) is 4.97. The van der Waals surface area contributed by atoms with Gasteiger partial charge in [-0.15, -0.1) is 0 Å². The Morgan fingerprint density at radius 2 is 1.92 bits per heavy atom. The van der Waals surface area contributed by atoms with Gasteiger partial charge in [-0.3, -0.25) is 19.3 Å². The van der Waals surface area contributed by atoms with Gasteiger partial charge in [0.15, 0.2) is 11.5 Å². The average Bonchev–Trinajstić information content (AvgIpc) is 3.16. The number of imide groups is 1. The van der Waals surface area contributed by atoms with E-state index in [9.17, 15) is 24.3 Å². The zero-order valence-corrected chi connectivity index (χ0v) is 22.0. The van der Waals surface area contributed by atoms with Gasteiger partial charge in [-0.05, 0) is 60.2 Å². The second-order valence-electron chi connectivity index (χ2n) is 8.32. The molecule has 0 radical (unpaired) electrons. The van der Waals surface area contributed by atoms with Gasteiger partial charge in [-0.25, -0.2) is 4.79 Å². The van der Waals surface area contributed by atoms with Crippen molar-refractivity contribution in [2.45, 2.75) is 13.5 Å². The van der Waals surface area contributed by atoms with Gasteiger partial charge in [0.1, 0.15) is 13.2 Å². The molecule has 2 fully saturated rings. The molecule has 0 aliphatic carbocycles. The first kappa shape index (κ1) is 27.5. The number of carbonyl (C=O) groups is 4. The molecule has 0 atom stereocenters. The van der Waals surface area contributed by atoms with E-state index < -0.39 is 17.1 Å². The summed E-state index contributed by atoms with van der Waals surface area (Å²) in [6.07, 6.45) is 1.51. The van der Waals surface area contributed by atoms with Crippen LogP contribution in [-0.2, 0) is 20.9 Å². The Balaban J connectivity index is 1.50. The van der Waals surface area contributed by atoms with Crippen LogP contribution in [0.5, 0.6) is 11.5 Å². The highest BCUT2D eigenvalue weighted by Gasteiger charge is 2.37. The average molecular weight is 561 g/mol. The molecule has 4 rings (SSSR count). The van der Waals surface area contributed by atoms with Crippen molar-refractivity contribution in [1.82, 2.24) is 9.80 Å². The summed E-state index contributed by atoms with van der Waals surface area (Å²) >= 11 is 7.24. The van der Waals surface area contributed by atoms with E-state index in [-0.39, 0.29) is 40.3 Å². The van der Waals surface area contributed by atoms with Crippen molar-refractivity contribution in [3.8, 4) is 11.5 Å². The Morgan fingerprint density at radius 1 is 1.16 bits per heavy atom. The molecular weight excluding hydrogens is 536 g/mol. The zero-order valence-electron chi connectivity index (χ0n) is 20.5. The lowest BCUT2D eigenvalue weighted by atomic mass is 10.1. The number of amides is 3. The maximum Gasteiger partial charge on any atom is 0.335 e. The molecule has 0 saturated carbocycles. The van der Waals surface area contributed by atoms with Crippen molar-refractivity contribution in [1.29, 1.82) is 0 Å². The molecule has 12 heteroatoms. The fourth-order valence-electron chi connectivity index (χ4n) is 3.86. The van der Waals surface area contributed by atoms with E-state index >= 15 is 0 Å². The van der Waals surface area contributed by atoms with Crippen LogP contribution in [0.2, 0.25) is 5.02 Å². The number of carboxylic acids is 1. The molecule has 3 amide bonds. The van der Waals surface area contributed by atoms with Crippen LogP contribution in [-0.4, -0.2) is 77.4 Å². The van der Waals surface area contributed by atoms with Crippen LogP contribution in [0.3, 0.4) is 0 Å². The second kappa shape index (κ2) is 12.3. The number of thioether (sulfide) groups is 1. The van der Waals surface area contributed by atoms with Crippen molar-refractivity contribution >= 4 is 52.5 Å². The molecule has 0 unspecified atom stereocenters. The number of carbonyl (C=O) groups excluding carboxylic acids is 3. The number of hydrogen-bond donors (Lipinski definition) is 1. The predicted octanol–water partition coefficient (Wildman–Crippen LogP) is 3.91. The molecule has 0 spiro atoms. The summed E-state index contributed by atoms with van der Waals surface area (Å²) in [7, 11) is 0. The van der Waals surface area contributed by atoms with Crippen molar-refractivity contribution < 1.29 is 38.5 Å². The lowest BCUT2D eigenvalue weighted by Gasteiger charge is -2.28. The van der Waals surface area contributed by atoms with Gasteiger partial charge in [0.25, 0.3) is 11.1 Å². The SMILES string of the molecule is CCOc1cc(/C=C2/SC(=O)N(CC(=O)N3CCOCC3)C2=O)cc(Cl)c1OCc1cccc(C(=O)O)c1. The Morgan fingerprint density at radius 3 is 2.63 bits per heavy atom. The number of halogens is 1. The van der Waals surface area contributed by atoms with Gasteiger partial charge in [0, 0.05) is 13.1 Å². The summed E-state index contributed by atoms with van der Waals surface area (Å²) in [5, 5.41) is 8.88. The first-order valence-corrected chi connectivity index (χ1v) is 13.0. The van der Waals surface area contributed by atoms with Crippen LogP contribution in [0.15, 0.2) is 41.3 Å². The quantitative estimate of drug-likeness (QED) is 0.455. The fraction of sp³-hybridized carbons (Fsp3) is 0.308. The Hall–Kier alpha value is -3.54. The van der Waals surface area contributed by atoms with Crippen molar-refractivity contribution in [2.24, 2.45) is 0 Å². The van der Waals surface area contributed by atoms with Crippen molar-refractivity contribution in [3.05, 3.63) is 63.0 Å². The number of benzene rings is 2. The molecule has 2 aromatic carbocycles. The van der Waals surface area contributed by atoms with Crippen molar-refractivity contribution in [3.63, 3.8) is 0 Å². The van der Waals surface area contributed by atoms with Gasteiger partial charge in [-0.2, -0.15) is 0 Å². The van der Waals surface area contributed by atoms with E-state index in [0.29, 0.717) is 49.8 Å². The molecule has 0 aromatic heterocycles. The maximum absolute atomic E-state index is 12.9. The molecule has 10 nitrogen and oxygen atoms in total. The third-order valence-corrected chi connectivity index (χ3v) is 6.91. The van der Waals surface area contributed by atoms with Crippen LogP contribution in [0.4, 0.5) is 4.79 Å². The molecule has 2 heterocycles. The highest BCUT2D eigenvalue weighted by molar-refractivity contribution is 8.18. The standard InChI is InChI=1S/C26H25ClN2O8S/c1-2-36-20-12-17(11-19(27)23(20)37-15-16-4-3-5-18(10-16)25(32)33)13-21-24(31)29(26(34)38-21)14-22(30)28-6-8-35-9-7-28/h3-5,10-13H,2,6-9,14-15H2,1H3,(H,32,33)/b21-13+. The van der Waals surface area contributed by atoms with Gasteiger partial charge in [-0.1, -0.05) is 23.7 Å². The van der Waals surface area contributed by atoms with E-state index in [1.165, 1.54) is 18.2 Å². The number of nitrogens with zero attached hydrogens (tertiary/aromatic N) is 2. The van der Waals surface area contributed by atoms with Gasteiger partial charge < -0.3 is 24.2 Å². The first-order valence-electron chi connectivity index (χ1n) is 11.8. The minimum absolute atomic E-state index is 0.0519.